The van der Waals surface area contributed by atoms with Gasteiger partial charge in [0.05, 0.1) is 0 Å². The first-order valence-corrected chi connectivity index (χ1v) is 7.05. The van der Waals surface area contributed by atoms with Crippen LogP contribution < -0.4 is 0 Å². The first-order chi connectivity index (χ1) is 9.65. The Bertz CT molecular complexity index is 646. The zero-order chi connectivity index (χ0) is 14.1. The molecule has 0 saturated carbocycles. The first kappa shape index (κ1) is 13.3. The van der Waals surface area contributed by atoms with Crippen LogP contribution in [0.5, 0.6) is 0 Å². The minimum Gasteiger partial charge on any atom is -0.299 e. The number of hydrogen-bond acceptors (Lipinski definition) is 1. The zero-order valence-electron chi connectivity index (χ0n) is 10.9. The van der Waals surface area contributed by atoms with Gasteiger partial charge in [-0.2, -0.15) is 0 Å². The third-order valence-corrected chi connectivity index (χ3v) is 4.23. The van der Waals surface area contributed by atoms with Crippen molar-refractivity contribution < 1.29 is 9.18 Å². The Hall–Kier alpha value is -1.67. The quantitative estimate of drug-likeness (QED) is 0.819. The zero-order valence-corrected chi connectivity index (χ0v) is 11.7. The second-order valence-corrected chi connectivity index (χ2v) is 5.63. The van der Waals surface area contributed by atoms with Crippen molar-refractivity contribution in [2.45, 2.75) is 25.2 Å². The van der Waals surface area contributed by atoms with Crippen molar-refractivity contribution in [3.8, 4) is 0 Å². The Morgan fingerprint density at radius 1 is 1.20 bits per heavy atom. The maximum absolute atomic E-state index is 13.6. The van der Waals surface area contributed by atoms with E-state index in [2.05, 4.69) is 12.1 Å². The Balaban J connectivity index is 1.67. The molecular weight excluding hydrogens is 275 g/mol. The maximum Gasteiger partial charge on any atom is 0.138 e. The van der Waals surface area contributed by atoms with E-state index in [1.807, 2.05) is 12.1 Å². The molecule has 1 unspecified atom stereocenters. The molecule has 0 N–H and O–H groups in total. The van der Waals surface area contributed by atoms with Crippen molar-refractivity contribution in [1.29, 1.82) is 0 Å². The fraction of sp³-hybridized carbons (Fsp3) is 0.235. The standard InChI is InChI=1S/C17H14ClFO/c18-16-6-3-7-17(19)15(16)10-13(20)9-12-8-11-4-1-2-5-14(11)12/h1-7,12H,8-10H2. The van der Waals surface area contributed by atoms with Crippen LogP contribution in [0, 0.1) is 5.82 Å². The molecule has 0 amide bonds. The van der Waals surface area contributed by atoms with Gasteiger partial charge in [-0.15, -0.1) is 0 Å². The van der Waals surface area contributed by atoms with Crippen molar-refractivity contribution >= 4 is 17.4 Å². The third kappa shape index (κ3) is 2.48. The maximum atomic E-state index is 13.6. The minimum absolute atomic E-state index is 0.0384. The van der Waals surface area contributed by atoms with Crippen molar-refractivity contribution in [3.63, 3.8) is 0 Å². The van der Waals surface area contributed by atoms with Gasteiger partial charge in [0.1, 0.15) is 11.6 Å². The molecule has 0 bridgehead atoms. The van der Waals surface area contributed by atoms with Crippen molar-refractivity contribution in [2.24, 2.45) is 0 Å². The van der Waals surface area contributed by atoms with E-state index in [1.54, 1.807) is 12.1 Å². The lowest BCUT2D eigenvalue weighted by molar-refractivity contribution is -0.118. The van der Waals surface area contributed by atoms with Crippen LogP contribution in [0.25, 0.3) is 0 Å². The van der Waals surface area contributed by atoms with E-state index in [1.165, 1.54) is 17.2 Å². The number of ketones is 1. The van der Waals surface area contributed by atoms with E-state index >= 15 is 0 Å². The van der Waals surface area contributed by atoms with Crippen LogP contribution in [-0.4, -0.2) is 5.78 Å². The molecule has 1 nitrogen and oxygen atoms in total. The van der Waals surface area contributed by atoms with Gasteiger partial charge in [0.25, 0.3) is 0 Å². The molecular formula is C17H14ClFO. The van der Waals surface area contributed by atoms with E-state index in [0.717, 1.165) is 6.42 Å². The Kier molecular flexibility index (Phi) is 3.58. The van der Waals surface area contributed by atoms with Crippen LogP contribution in [0.15, 0.2) is 42.5 Å². The highest BCUT2D eigenvalue weighted by Crippen LogP contribution is 2.37. The van der Waals surface area contributed by atoms with E-state index in [9.17, 15) is 9.18 Å². The van der Waals surface area contributed by atoms with Gasteiger partial charge in [0.15, 0.2) is 0 Å². The molecule has 0 fully saturated rings. The normalized spacial score (nSPS) is 16.4. The summed E-state index contributed by atoms with van der Waals surface area (Å²) in [5.41, 5.74) is 2.88. The van der Waals surface area contributed by atoms with Gasteiger partial charge in [0.2, 0.25) is 0 Å². The van der Waals surface area contributed by atoms with Crippen molar-refractivity contribution in [3.05, 3.63) is 70.0 Å². The fourth-order valence-electron chi connectivity index (χ4n) is 2.79. The van der Waals surface area contributed by atoms with E-state index in [4.69, 9.17) is 11.6 Å². The van der Waals surface area contributed by atoms with Crippen LogP contribution in [0.3, 0.4) is 0 Å². The molecule has 0 saturated heterocycles. The highest BCUT2D eigenvalue weighted by atomic mass is 35.5. The number of Topliss-reactive ketones (excluding diaryl/α,β-unsaturated/α-hetero) is 1. The molecule has 0 heterocycles. The molecule has 1 aliphatic carbocycles. The highest BCUT2D eigenvalue weighted by molar-refractivity contribution is 6.31. The van der Waals surface area contributed by atoms with E-state index in [0.29, 0.717) is 17.0 Å². The smallest absolute Gasteiger partial charge is 0.138 e. The number of fused-ring (bicyclic) bond motifs is 1. The fourth-order valence-corrected chi connectivity index (χ4v) is 3.02. The molecule has 1 aliphatic rings. The van der Waals surface area contributed by atoms with Crippen LogP contribution in [0.4, 0.5) is 4.39 Å². The van der Waals surface area contributed by atoms with Crippen molar-refractivity contribution in [1.82, 2.24) is 0 Å². The Morgan fingerprint density at radius 3 is 2.75 bits per heavy atom. The lowest BCUT2D eigenvalue weighted by Gasteiger charge is -2.29. The van der Waals surface area contributed by atoms with Gasteiger partial charge in [-0.3, -0.25) is 4.79 Å². The molecule has 0 aliphatic heterocycles. The molecule has 0 spiro atoms. The Morgan fingerprint density at radius 2 is 2.00 bits per heavy atom. The second kappa shape index (κ2) is 5.37. The number of halogens is 2. The van der Waals surface area contributed by atoms with E-state index in [-0.39, 0.29) is 18.1 Å². The molecule has 20 heavy (non-hydrogen) atoms. The van der Waals surface area contributed by atoms with Crippen LogP contribution in [0.2, 0.25) is 5.02 Å². The summed E-state index contributed by atoms with van der Waals surface area (Å²) in [6.07, 6.45) is 1.47. The highest BCUT2D eigenvalue weighted by Gasteiger charge is 2.27. The summed E-state index contributed by atoms with van der Waals surface area (Å²) in [5.74, 6) is -0.0828. The molecule has 2 aromatic carbocycles. The van der Waals surface area contributed by atoms with Gasteiger partial charge in [-0.05, 0) is 35.6 Å². The molecule has 3 heteroatoms. The summed E-state index contributed by atoms with van der Waals surface area (Å²) in [4.78, 5) is 12.1. The molecule has 0 aromatic heterocycles. The second-order valence-electron chi connectivity index (χ2n) is 5.22. The average molecular weight is 289 g/mol. The summed E-state index contributed by atoms with van der Waals surface area (Å²) in [7, 11) is 0. The Labute approximate surface area is 122 Å². The number of hydrogen-bond donors (Lipinski definition) is 0. The number of rotatable bonds is 4. The molecule has 0 radical (unpaired) electrons. The number of carbonyl (C=O) groups is 1. The van der Waals surface area contributed by atoms with Crippen molar-refractivity contribution in [2.75, 3.05) is 0 Å². The number of carbonyl (C=O) groups excluding carboxylic acids is 1. The summed E-state index contributed by atoms with van der Waals surface area (Å²) in [6, 6.07) is 12.7. The number of benzene rings is 2. The van der Waals surface area contributed by atoms with Crippen LogP contribution in [-0.2, 0) is 17.6 Å². The summed E-state index contributed by atoms with van der Waals surface area (Å²) < 4.78 is 13.6. The van der Waals surface area contributed by atoms with Gasteiger partial charge in [-0.25, -0.2) is 4.39 Å². The molecule has 102 valence electrons. The molecule has 1 atom stereocenters. The van der Waals surface area contributed by atoms with E-state index < -0.39 is 5.82 Å². The third-order valence-electron chi connectivity index (χ3n) is 3.87. The summed E-state index contributed by atoms with van der Waals surface area (Å²) in [5, 5.41) is 0.326. The topological polar surface area (TPSA) is 17.1 Å². The van der Waals surface area contributed by atoms with Gasteiger partial charge in [0, 0.05) is 23.4 Å². The molecule has 3 rings (SSSR count). The average Bonchev–Trinajstić information content (AvgIpc) is 2.40. The predicted molar refractivity (Wildman–Crippen MR) is 77.6 cm³/mol. The first-order valence-electron chi connectivity index (χ1n) is 6.67. The minimum atomic E-state index is -0.403. The predicted octanol–water partition coefficient (Wildman–Crippen LogP) is 4.32. The molecule has 2 aromatic rings. The van der Waals surface area contributed by atoms with Gasteiger partial charge < -0.3 is 0 Å². The largest absolute Gasteiger partial charge is 0.299 e. The summed E-state index contributed by atoms with van der Waals surface area (Å²) >= 11 is 5.95. The van der Waals surface area contributed by atoms with Crippen LogP contribution >= 0.6 is 11.6 Å². The van der Waals surface area contributed by atoms with Gasteiger partial charge in [-0.1, -0.05) is 41.9 Å². The lowest BCUT2D eigenvalue weighted by atomic mass is 9.75. The lowest BCUT2D eigenvalue weighted by Crippen LogP contribution is -2.21. The SMILES string of the molecule is O=C(Cc1c(F)cccc1Cl)CC1Cc2ccccc21. The van der Waals surface area contributed by atoms with Gasteiger partial charge >= 0.3 is 0 Å². The summed E-state index contributed by atoms with van der Waals surface area (Å²) in [6.45, 7) is 0. The monoisotopic (exact) mass is 288 g/mol. The van der Waals surface area contributed by atoms with Crippen LogP contribution in [0.1, 0.15) is 29.0 Å².